The van der Waals surface area contributed by atoms with Crippen molar-refractivity contribution in [1.29, 1.82) is 0 Å². The summed E-state index contributed by atoms with van der Waals surface area (Å²) < 4.78 is 20.9. The lowest BCUT2D eigenvalue weighted by Gasteiger charge is -2.37. The van der Waals surface area contributed by atoms with Crippen molar-refractivity contribution in [3.63, 3.8) is 0 Å². The van der Waals surface area contributed by atoms with Gasteiger partial charge >= 0.3 is 24.1 Å². The summed E-state index contributed by atoms with van der Waals surface area (Å²) in [5.41, 5.74) is 3.59. The molecule has 328 valence electrons. The fourth-order valence-corrected chi connectivity index (χ4v) is 8.66. The summed E-state index contributed by atoms with van der Waals surface area (Å²) in [4.78, 5) is 57.0. The van der Waals surface area contributed by atoms with Gasteiger partial charge in [0.25, 0.3) is 0 Å². The highest BCUT2D eigenvalue weighted by Gasteiger charge is 2.34. The second-order valence-electron chi connectivity index (χ2n) is 18.8. The van der Waals surface area contributed by atoms with Gasteiger partial charge in [-0.25, -0.2) is 9.59 Å². The minimum absolute atomic E-state index is 0.0487. The molecule has 1 aromatic heterocycles. The standard InChI is InChI=1S/C24H36N2O4.C24H32N2O4/c2*1-24(2,3)30-23(28)26-11-9-17(10-12-26)13-19(15-22(27)29-4)20-14-18-7-5-6-8-21(18)25-16-20/h5-8,17,19-20,25H,9-16H2,1-4H3;5-8,14,16-17,19H,9-13,15H2,1-4H3/t19-,20?;19-/m00/s1. The number of nitrogens with zero attached hydrogens (tertiary/aromatic N) is 3. The Morgan fingerprint density at radius 3 is 1.85 bits per heavy atom. The van der Waals surface area contributed by atoms with E-state index in [2.05, 4.69) is 40.6 Å². The molecule has 3 aromatic rings. The third kappa shape index (κ3) is 14.1. The van der Waals surface area contributed by atoms with Crippen LogP contribution in [0.1, 0.15) is 110 Å². The Balaban J connectivity index is 0.000000228. The molecule has 3 aliphatic rings. The number of methoxy groups -OCH3 is 2. The molecular weight excluding hydrogens is 761 g/mol. The van der Waals surface area contributed by atoms with Gasteiger partial charge in [-0.3, -0.25) is 14.6 Å². The van der Waals surface area contributed by atoms with Crippen LogP contribution in [0, 0.1) is 23.7 Å². The minimum Gasteiger partial charge on any atom is -0.469 e. The number of rotatable bonds is 10. The van der Waals surface area contributed by atoms with E-state index in [1.165, 1.54) is 25.5 Å². The monoisotopic (exact) mass is 829 g/mol. The number of aromatic nitrogens is 1. The molecule has 12 heteroatoms. The van der Waals surface area contributed by atoms with Crippen molar-refractivity contribution in [2.75, 3.05) is 52.3 Å². The van der Waals surface area contributed by atoms with E-state index in [0.717, 1.165) is 81.0 Å². The zero-order valence-electron chi connectivity index (χ0n) is 37.2. The van der Waals surface area contributed by atoms with Crippen LogP contribution in [0.3, 0.4) is 0 Å². The van der Waals surface area contributed by atoms with E-state index < -0.39 is 11.2 Å². The first-order valence-electron chi connectivity index (χ1n) is 21.8. The topological polar surface area (TPSA) is 137 Å². The Kier molecular flexibility index (Phi) is 16.2. The third-order valence-electron chi connectivity index (χ3n) is 11.9. The van der Waals surface area contributed by atoms with Gasteiger partial charge < -0.3 is 34.1 Å². The number of para-hydroxylation sites is 2. The van der Waals surface area contributed by atoms with E-state index in [1.807, 2.05) is 76.9 Å². The molecule has 2 saturated heterocycles. The minimum atomic E-state index is -0.484. The van der Waals surface area contributed by atoms with Gasteiger partial charge in [-0.1, -0.05) is 36.4 Å². The molecule has 6 rings (SSSR count). The van der Waals surface area contributed by atoms with Crippen molar-refractivity contribution < 1.29 is 38.1 Å². The Morgan fingerprint density at radius 2 is 1.27 bits per heavy atom. The number of nitrogens with one attached hydrogen (secondary N) is 1. The van der Waals surface area contributed by atoms with Crippen molar-refractivity contribution in [2.45, 2.75) is 116 Å². The number of carbonyl (C=O) groups is 4. The first-order valence-corrected chi connectivity index (χ1v) is 21.8. The van der Waals surface area contributed by atoms with Gasteiger partial charge in [0, 0.05) is 56.4 Å². The second-order valence-corrected chi connectivity index (χ2v) is 18.8. The van der Waals surface area contributed by atoms with Crippen LogP contribution in [0.5, 0.6) is 0 Å². The number of benzene rings is 2. The van der Waals surface area contributed by atoms with Crippen LogP contribution in [-0.4, -0.2) is 97.1 Å². The number of pyridine rings is 1. The zero-order chi connectivity index (χ0) is 43.5. The van der Waals surface area contributed by atoms with E-state index in [9.17, 15) is 19.2 Å². The number of likely N-dealkylation sites (tertiary alicyclic amines) is 2. The van der Waals surface area contributed by atoms with Crippen LogP contribution in [-0.2, 0) is 35.0 Å². The number of piperidine rings is 2. The van der Waals surface area contributed by atoms with Crippen LogP contribution in [0.15, 0.2) is 60.8 Å². The van der Waals surface area contributed by atoms with Crippen LogP contribution < -0.4 is 5.32 Å². The maximum absolute atomic E-state index is 12.3. The number of carbonyl (C=O) groups excluding carboxylic acids is 4. The Morgan fingerprint density at radius 1 is 0.733 bits per heavy atom. The molecule has 4 heterocycles. The number of hydrogen-bond donors (Lipinski definition) is 1. The maximum Gasteiger partial charge on any atom is 0.410 e. The molecule has 0 aliphatic carbocycles. The molecule has 3 aliphatic heterocycles. The molecule has 2 fully saturated rings. The molecule has 0 radical (unpaired) electrons. The zero-order valence-corrected chi connectivity index (χ0v) is 37.2. The van der Waals surface area contributed by atoms with E-state index in [-0.39, 0.29) is 36.0 Å². The highest BCUT2D eigenvalue weighted by Crippen LogP contribution is 2.37. The van der Waals surface area contributed by atoms with Gasteiger partial charge in [0.15, 0.2) is 0 Å². The van der Waals surface area contributed by atoms with Gasteiger partial charge in [-0.15, -0.1) is 0 Å². The van der Waals surface area contributed by atoms with Crippen molar-refractivity contribution in [1.82, 2.24) is 14.8 Å². The molecule has 1 N–H and O–H groups in total. The van der Waals surface area contributed by atoms with Gasteiger partial charge in [0.1, 0.15) is 11.2 Å². The van der Waals surface area contributed by atoms with Gasteiger partial charge in [0.2, 0.25) is 0 Å². The Hall–Kier alpha value is -4.87. The number of fused-ring (bicyclic) bond motifs is 2. The number of ether oxygens (including phenoxy) is 4. The van der Waals surface area contributed by atoms with E-state index in [0.29, 0.717) is 43.7 Å². The van der Waals surface area contributed by atoms with Gasteiger partial charge in [0.05, 0.1) is 26.2 Å². The molecule has 0 saturated carbocycles. The normalized spacial score (nSPS) is 18.5. The fraction of sp³-hybridized carbons (Fsp3) is 0.604. The molecule has 60 heavy (non-hydrogen) atoms. The molecule has 12 nitrogen and oxygen atoms in total. The highest BCUT2D eigenvalue weighted by molar-refractivity contribution is 5.79. The van der Waals surface area contributed by atoms with Crippen molar-refractivity contribution in [3.05, 3.63) is 71.9 Å². The summed E-state index contributed by atoms with van der Waals surface area (Å²) in [6.45, 7) is 15.0. The molecule has 0 spiro atoms. The lowest BCUT2D eigenvalue weighted by Crippen LogP contribution is -2.42. The number of esters is 2. The van der Waals surface area contributed by atoms with Gasteiger partial charge in [-0.2, -0.15) is 0 Å². The first kappa shape index (κ1) is 46.2. The first-order chi connectivity index (χ1) is 28.5. The number of anilines is 1. The summed E-state index contributed by atoms with van der Waals surface area (Å²) >= 11 is 0. The van der Waals surface area contributed by atoms with Crippen molar-refractivity contribution in [2.24, 2.45) is 23.7 Å². The second kappa shape index (κ2) is 21.1. The van der Waals surface area contributed by atoms with Crippen LogP contribution in [0.2, 0.25) is 0 Å². The number of amides is 2. The average molecular weight is 829 g/mol. The van der Waals surface area contributed by atoms with E-state index >= 15 is 0 Å². The quantitative estimate of drug-likeness (QED) is 0.156. The molecule has 2 aromatic carbocycles. The summed E-state index contributed by atoms with van der Waals surface area (Å²) in [6, 6.07) is 18.5. The van der Waals surface area contributed by atoms with E-state index in [1.54, 1.807) is 4.90 Å². The number of hydrogen-bond acceptors (Lipinski definition) is 10. The SMILES string of the molecule is COC(=O)C[C@H](CC1CCN(C(=O)OC(C)(C)C)CC1)C1CNc2ccccc2C1.COC(=O)C[C@H](CC1CCN(C(=O)OC(C)(C)C)CC1)c1cnc2ccccc2c1. The van der Waals surface area contributed by atoms with Crippen LogP contribution >= 0.6 is 0 Å². The lowest BCUT2D eigenvalue weighted by molar-refractivity contribution is -0.142. The average Bonchev–Trinajstić information content (AvgIpc) is 3.22. The van der Waals surface area contributed by atoms with E-state index in [4.69, 9.17) is 18.9 Å². The Labute approximate surface area is 357 Å². The van der Waals surface area contributed by atoms with Crippen LogP contribution in [0.25, 0.3) is 10.9 Å². The van der Waals surface area contributed by atoms with Gasteiger partial charge in [-0.05, 0) is 145 Å². The molecule has 0 bridgehead atoms. The van der Waals surface area contributed by atoms with Crippen molar-refractivity contribution >= 4 is 40.7 Å². The summed E-state index contributed by atoms with van der Waals surface area (Å²) in [7, 11) is 2.89. The molecule has 3 atom stereocenters. The molecule has 1 unspecified atom stereocenters. The Bertz CT molecular complexity index is 1890. The lowest BCUT2D eigenvalue weighted by atomic mass is 9.75. The molecule has 2 amide bonds. The van der Waals surface area contributed by atoms with Crippen LogP contribution in [0.4, 0.5) is 15.3 Å². The summed E-state index contributed by atoms with van der Waals surface area (Å²) in [6.07, 6.45) is 8.76. The van der Waals surface area contributed by atoms with Crippen molar-refractivity contribution in [3.8, 4) is 0 Å². The summed E-state index contributed by atoms with van der Waals surface area (Å²) in [5, 5.41) is 4.62. The highest BCUT2D eigenvalue weighted by atomic mass is 16.6. The predicted octanol–water partition coefficient (Wildman–Crippen LogP) is 9.41. The summed E-state index contributed by atoms with van der Waals surface area (Å²) in [5.74, 6) is 1.33. The molecular formula is C48H68N4O8. The largest absolute Gasteiger partial charge is 0.469 e. The predicted molar refractivity (Wildman–Crippen MR) is 234 cm³/mol. The smallest absolute Gasteiger partial charge is 0.410 e. The maximum atomic E-state index is 12.3. The third-order valence-corrected chi connectivity index (χ3v) is 11.9. The fourth-order valence-electron chi connectivity index (χ4n) is 8.66.